The summed E-state index contributed by atoms with van der Waals surface area (Å²) in [6, 6.07) is 10.9. The highest BCUT2D eigenvalue weighted by Crippen LogP contribution is 2.11. The number of nitrogens with one attached hydrogen (secondary N) is 1. The number of rotatable bonds is 3. The average Bonchev–Trinajstić information content (AvgIpc) is 2.38. The molecule has 1 heterocycles. The molecule has 0 fully saturated rings. The van der Waals surface area contributed by atoms with Crippen LogP contribution in [0, 0.1) is 6.92 Å². The van der Waals surface area contributed by atoms with E-state index in [1.165, 1.54) is 6.08 Å². The average molecular weight is 273 g/mol. The Kier molecular flexibility index (Phi) is 4.31. The first-order chi connectivity index (χ1) is 9.13. The number of carbonyl (C=O) groups excluding carboxylic acids is 1. The van der Waals surface area contributed by atoms with Crippen LogP contribution in [0.5, 0.6) is 0 Å². The molecule has 0 aliphatic carbocycles. The van der Waals surface area contributed by atoms with Gasteiger partial charge in [-0.25, -0.2) is 4.98 Å². The number of hydrogen-bond donors (Lipinski definition) is 1. The van der Waals surface area contributed by atoms with Crippen molar-refractivity contribution in [2.75, 3.05) is 5.32 Å². The largest absolute Gasteiger partial charge is 0.307 e. The van der Waals surface area contributed by atoms with Gasteiger partial charge in [-0.3, -0.25) is 4.79 Å². The Morgan fingerprint density at radius 1 is 1.26 bits per heavy atom. The van der Waals surface area contributed by atoms with E-state index < -0.39 is 0 Å². The number of pyridine rings is 1. The molecule has 2 aromatic rings. The van der Waals surface area contributed by atoms with E-state index in [4.69, 9.17) is 11.6 Å². The molecule has 0 spiro atoms. The number of carbonyl (C=O) groups is 1. The zero-order valence-electron chi connectivity index (χ0n) is 10.4. The van der Waals surface area contributed by atoms with Gasteiger partial charge < -0.3 is 5.32 Å². The van der Waals surface area contributed by atoms with Crippen molar-refractivity contribution in [2.24, 2.45) is 0 Å². The summed E-state index contributed by atoms with van der Waals surface area (Å²) in [4.78, 5) is 15.8. The van der Waals surface area contributed by atoms with Gasteiger partial charge in [0.25, 0.3) is 0 Å². The van der Waals surface area contributed by atoms with Crippen LogP contribution in [0.25, 0.3) is 6.08 Å². The van der Waals surface area contributed by atoms with Crippen molar-refractivity contribution >= 4 is 29.4 Å². The van der Waals surface area contributed by atoms with E-state index in [0.717, 1.165) is 11.1 Å². The van der Waals surface area contributed by atoms with E-state index in [9.17, 15) is 4.79 Å². The normalized spacial score (nSPS) is 10.6. The molecule has 0 unspecified atom stereocenters. The van der Waals surface area contributed by atoms with Crippen molar-refractivity contribution in [2.45, 2.75) is 6.92 Å². The van der Waals surface area contributed by atoms with Crippen LogP contribution >= 0.6 is 11.6 Å². The van der Waals surface area contributed by atoms with Crippen LogP contribution < -0.4 is 5.32 Å². The molecule has 2 rings (SSSR count). The Morgan fingerprint density at radius 2 is 2.00 bits per heavy atom. The van der Waals surface area contributed by atoms with Gasteiger partial charge in [0.1, 0.15) is 5.82 Å². The zero-order chi connectivity index (χ0) is 13.7. The van der Waals surface area contributed by atoms with Crippen molar-refractivity contribution in [1.82, 2.24) is 4.98 Å². The standard InChI is InChI=1S/C15H13ClN2O/c1-11-8-9-17-14(10-11)18-15(19)7-4-12-2-5-13(16)6-3-12/h2-10H,1H3,(H,17,18,19). The lowest BCUT2D eigenvalue weighted by atomic mass is 10.2. The molecule has 0 atom stereocenters. The summed E-state index contributed by atoms with van der Waals surface area (Å²) in [7, 11) is 0. The van der Waals surface area contributed by atoms with Crippen molar-refractivity contribution in [3.8, 4) is 0 Å². The smallest absolute Gasteiger partial charge is 0.249 e. The van der Waals surface area contributed by atoms with Gasteiger partial charge in [0, 0.05) is 17.3 Å². The lowest BCUT2D eigenvalue weighted by Crippen LogP contribution is -2.09. The highest BCUT2D eigenvalue weighted by molar-refractivity contribution is 6.30. The minimum Gasteiger partial charge on any atom is -0.307 e. The predicted octanol–water partition coefficient (Wildman–Crippen LogP) is 3.70. The lowest BCUT2D eigenvalue weighted by molar-refractivity contribution is -0.111. The summed E-state index contributed by atoms with van der Waals surface area (Å²) in [6.45, 7) is 1.95. The Labute approximate surface area is 116 Å². The van der Waals surface area contributed by atoms with Crippen molar-refractivity contribution in [3.05, 3.63) is 64.8 Å². The number of anilines is 1. The molecule has 1 amide bonds. The third-order valence-electron chi connectivity index (χ3n) is 2.46. The van der Waals surface area contributed by atoms with Gasteiger partial charge in [0.05, 0.1) is 0 Å². The van der Waals surface area contributed by atoms with Gasteiger partial charge >= 0.3 is 0 Å². The number of halogens is 1. The van der Waals surface area contributed by atoms with Crippen LogP contribution in [0.1, 0.15) is 11.1 Å². The number of aryl methyl sites for hydroxylation is 1. The molecular formula is C15H13ClN2O. The number of aromatic nitrogens is 1. The van der Waals surface area contributed by atoms with Crippen molar-refractivity contribution < 1.29 is 4.79 Å². The Balaban J connectivity index is 1.99. The summed E-state index contributed by atoms with van der Waals surface area (Å²) in [5.41, 5.74) is 1.96. The zero-order valence-corrected chi connectivity index (χ0v) is 11.2. The van der Waals surface area contributed by atoms with E-state index in [2.05, 4.69) is 10.3 Å². The first-order valence-electron chi connectivity index (χ1n) is 5.81. The fourth-order valence-corrected chi connectivity index (χ4v) is 1.64. The Hall–Kier alpha value is -2.13. The van der Waals surface area contributed by atoms with E-state index >= 15 is 0 Å². The molecule has 1 aromatic carbocycles. The minimum absolute atomic E-state index is 0.215. The van der Waals surface area contributed by atoms with Gasteiger partial charge in [0.15, 0.2) is 0 Å². The second kappa shape index (κ2) is 6.16. The van der Waals surface area contributed by atoms with Crippen LogP contribution in [0.2, 0.25) is 5.02 Å². The molecule has 19 heavy (non-hydrogen) atoms. The molecule has 0 aliphatic heterocycles. The van der Waals surface area contributed by atoms with Crippen LogP contribution in [0.3, 0.4) is 0 Å². The van der Waals surface area contributed by atoms with Gasteiger partial charge in [0.2, 0.25) is 5.91 Å². The van der Waals surface area contributed by atoms with Gasteiger partial charge in [-0.15, -0.1) is 0 Å². The highest BCUT2D eigenvalue weighted by atomic mass is 35.5. The summed E-state index contributed by atoms with van der Waals surface area (Å²) in [5, 5.41) is 3.37. The molecular weight excluding hydrogens is 260 g/mol. The van der Waals surface area contributed by atoms with Gasteiger partial charge in [-0.1, -0.05) is 23.7 Å². The number of amides is 1. The maximum atomic E-state index is 11.7. The first-order valence-corrected chi connectivity index (χ1v) is 6.18. The molecule has 1 aromatic heterocycles. The molecule has 3 nitrogen and oxygen atoms in total. The quantitative estimate of drug-likeness (QED) is 0.866. The molecule has 4 heteroatoms. The Morgan fingerprint density at radius 3 is 2.68 bits per heavy atom. The summed E-state index contributed by atoms with van der Waals surface area (Å²) in [5.74, 6) is 0.332. The molecule has 0 aliphatic rings. The number of hydrogen-bond acceptors (Lipinski definition) is 2. The lowest BCUT2D eigenvalue weighted by Gasteiger charge is -2.01. The van der Waals surface area contributed by atoms with Crippen LogP contribution in [0.4, 0.5) is 5.82 Å². The fraction of sp³-hybridized carbons (Fsp3) is 0.0667. The number of benzene rings is 1. The maximum absolute atomic E-state index is 11.7. The number of nitrogens with zero attached hydrogens (tertiary/aromatic N) is 1. The third-order valence-corrected chi connectivity index (χ3v) is 2.72. The van der Waals surface area contributed by atoms with Crippen LogP contribution in [-0.2, 0) is 4.79 Å². The molecule has 0 bridgehead atoms. The first kappa shape index (κ1) is 13.3. The topological polar surface area (TPSA) is 42.0 Å². The fourth-order valence-electron chi connectivity index (χ4n) is 1.52. The van der Waals surface area contributed by atoms with E-state index in [-0.39, 0.29) is 5.91 Å². The van der Waals surface area contributed by atoms with E-state index in [1.54, 1.807) is 24.4 Å². The second-order valence-electron chi connectivity index (χ2n) is 4.09. The monoisotopic (exact) mass is 272 g/mol. The maximum Gasteiger partial charge on any atom is 0.249 e. The molecule has 0 saturated carbocycles. The third kappa shape index (κ3) is 4.23. The van der Waals surface area contributed by atoms with Gasteiger partial charge in [-0.2, -0.15) is 0 Å². The predicted molar refractivity (Wildman–Crippen MR) is 78.1 cm³/mol. The molecule has 0 radical (unpaired) electrons. The van der Waals surface area contributed by atoms with Crippen LogP contribution in [-0.4, -0.2) is 10.9 Å². The SMILES string of the molecule is Cc1ccnc(NC(=O)C=Cc2ccc(Cl)cc2)c1. The molecule has 0 saturated heterocycles. The van der Waals surface area contributed by atoms with Gasteiger partial charge in [-0.05, 0) is 48.4 Å². The Bertz CT molecular complexity index is 606. The second-order valence-corrected chi connectivity index (χ2v) is 4.53. The van der Waals surface area contributed by atoms with Crippen molar-refractivity contribution in [3.63, 3.8) is 0 Å². The van der Waals surface area contributed by atoms with Crippen molar-refractivity contribution in [1.29, 1.82) is 0 Å². The minimum atomic E-state index is -0.215. The van der Waals surface area contributed by atoms with E-state index in [0.29, 0.717) is 10.8 Å². The summed E-state index contributed by atoms with van der Waals surface area (Å²) >= 11 is 5.78. The molecule has 1 N–H and O–H groups in total. The van der Waals surface area contributed by atoms with Crippen LogP contribution in [0.15, 0.2) is 48.7 Å². The summed E-state index contributed by atoms with van der Waals surface area (Å²) < 4.78 is 0. The van der Waals surface area contributed by atoms with E-state index in [1.807, 2.05) is 31.2 Å². The molecule has 96 valence electrons. The highest BCUT2D eigenvalue weighted by Gasteiger charge is 1.99. The summed E-state index contributed by atoms with van der Waals surface area (Å²) in [6.07, 6.45) is 4.85.